The predicted molar refractivity (Wildman–Crippen MR) is 107 cm³/mol. The van der Waals surface area contributed by atoms with Crippen molar-refractivity contribution in [1.82, 2.24) is 20.4 Å². The Bertz CT molecular complexity index is 1130. The quantitative estimate of drug-likeness (QED) is 0.349. The number of hydrazone groups is 1. The third-order valence-electron chi connectivity index (χ3n) is 3.91. The maximum Gasteiger partial charge on any atom is 0.295 e. The van der Waals surface area contributed by atoms with Crippen molar-refractivity contribution in [2.75, 3.05) is 13.7 Å². The highest BCUT2D eigenvalue weighted by Gasteiger charge is 2.14. The molecule has 2 N–H and O–H groups in total. The lowest BCUT2D eigenvalue weighted by atomic mass is 10.1. The highest BCUT2D eigenvalue weighted by Crippen LogP contribution is 2.20. The topological polar surface area (TPSA) is 119 Å². The van der Waals surface area contributed by atoms with Crippen molar-refractivity contribution in [3.8, 4) is 22.8 Å². The molecule has 0 saturated carbocycles. The first-order valence-electron chi connectivity index (χ1n) is 8.87. The fourth-order valence-electron chi connectivity index (χ4n) is 2.46. The van der Waals surface area contributed by atoms with Crippen LogP contribution in [0.4, 0.5) is 4.39 Å². The molecule has 1 amide bonds. The zero-order valence-corrected chi connectivity index (χ0v) is 16.2. The van der Waals surface area contributed by atoms with Gasteiger partial charge in [0, 0.05) is 11.8 Å². The number of aromatic nitrogens is 3. The number of ether oxygens (including phenoxy) is 2. The number of hydrogen-bond donors (Lipinski definition) is 2. The van der Waals surface area contributed by atoms with Crippen LogP contribution >= 0.6 is 0 Å². The van der Waals surface area contributed by atoms with E-state index in [9.17, 15) is 14.0 Å². The normalized spacial score (nSPS) is 10.8. The molecule has 0 bridgehead atoms. The SMILES string of the molecule is CCOc1ccc(-c2c[nH]c(=O)c(C(=O)N/N=C/c3cc(OC)cnc3F)n2)cc1. The average Bonchev–Trinajstić information content (AvgIpc) is 2.76. The Labute approximate surface area is 170 Å². The Morgan fingerprint density at radius 1 is 1.30 bits per heavy atom. The summed E-state index contributed by atoms with van der Waals surface area (Å²) in [6.07, 6.45) is 3.66. The molecule has 9 nitrogen and oxygen atoms in total. The molecule has 0 spiro atoms. The van der Waals surface area contributed by atoms with Gasteiger partial charge in [-0.25, -0.2) is 15.4 Å². The largest absolute Gasteiger partial charge is 0.495 e. The molecule has 0 fully saturated rings. The minimum absolute atomic E-state index is 0.000317. The molecule has 30 heavy (non-hydrogen) atoms. The summed E-state index contributed by atoms with van der Waals surface area (Å²) in [4.78, 5) is 34.4. The van der Waals surface area contributed by atoms with E-state index in [0.717, 1.165) is 6.21 Å². The highest BCUT2D eigenvalue weighted by atomic mass is 19.1. The number of nitrogens with zero attached hydrogens (tertiary/aromatic N) is 3. The predicted octanol–water partition coefficient (Wildman–Crippen LogP) is 2.14. The molecule has 1 aromatic carbocycles. The zero-order valence-electron chi connectivity index (χ0n) is 16.2. The summed E-state index contributed by atoms with van der Waals surface area (Å²) in [5, 5.41) is 3.66. The molecule has 0 unspecified atom stereocenters. The van der Waals surface area contributed by atoms with Crippen LogP contribution in [0.25, 0.3) is 11.3 Å². The van der Waals surface area contributed by atoms with Crippen molar-refractivity contribution in [2.24, 2.45) is 5.10 Å². The molecule has 10 heteroatoms. The van der Waals surface area contributed by atoms with Gasteiger partial charge in [-0.3, -0.25) is 9.59 Å². The van der Waals surface area contributed by atoms with E-state index < -0.39 is 17.4 Å². The van der Waals surface area contributed by atoms with E-state index in [1.165, 1.54) is 25.6 Å². The monoisotopic (exact) mass is 411 g/mol. The summed E-state index contributed by atoms with van der Waals surface area (Å²) in [6, 6.07) is 8.38. The molecular formula is C20H18FN5O4. The summed E-state index contributed by atoms with van der Waals surface area (Å²) >= 11 is 0. The van der Waals surface area contributed by atoms with E-state index >= 15 is 0 Å². The second kappa shape index (κ2) is 9.41. The Morgan fingerprint density at radius 2 is 2.07 bits per heavy atom. The van der Waals surface area contributed by atoms with Gasteiger partial charge in [0.25, 0.3) is 11.5 Å². The van der Waals surface area contributed by atoms with E-state index in [4.69, 9.17) is 9.47 Å². The van der Waals surface area contributed by atoms with Crippen LogP contribution < -0.4 is 20.5 Å². The second-order valence-corrected chi connectivity index (χ2v) is 5.88. The van der Waals surface area contributed by atoms with Gasteiger partial charge in [0.1, 0.15) is 11.5 Å². The van der Waals surface area contributed by atoms with Crippen molar-refractivity contribution < 1.29 is 18.7 Å². The highest BCUT2D eigenvalue weighted by molar-refractivity contribution is 5.93. The molecule has 2 aromatic heterocycles. The molecule has 0 atom stereocenters. The molecule has 3 rings (SSSR count). The van der Waals surface area contributed by atoms with Gasteiger partial charge in [-0.2, -0.15) is 9.49 Å². The Balaban J connectivity index is 1.77. The summed E-state index contributed by atoms with van der Waals surface area (Å²) in [5.74, 6) is -0.624. The number of rotatable bonds is 7. The molecule has 0 aliphatic carbocycles. The van der Waals surface area contributed by atoms with Crippen molar-refractivity contribution in [1.29, 1.82) is 0 Å². The first kappa shape index (κ1) is 20.6. The molecule has 0 radical (unpaired) electrons. The maximum atomic E-state index is 13.7. The van der Waals surface area contributed by atoms with Crippen molar-refractivity contribution in [2.45, 2.75) is 6.92 Å². The van der Waals surface area contributed by atoms with Gasteiger partial charge in [0.15, 0.2) is 5.69 Å². The molecule has 0 aliphatic heterocycles. The molecule has 154 valence electrons. The van der Waals surface area contributed by atoms with E-state index in [2.05, 4.69) is 25.5 Å². The van der Waals surface area contributed by atoms with Crippen LogP contribution in [0.15, 0.2) is 52.6 Å². The van der Waals surface area contributed by atoms with Gasteiger partial charge in [0.05, 0.1) is 37.4 Å². The number of carbonyl (C=O) groups is 1. The van der Waals surface area contributed by atoms with E-state index in [1.54, 1.807) is 24.3 Å². The average molecular weight is 411 g/mol. The lowest BCUT2D eigenvalue weighted by molar-refractivity contribution is 0.0948. The number of benzene rings is 1. The Hall–Kier alpha value is -4.08. The zero-order chi connectivity index (χ0) is 21.5. The van der Waals surface area contributed by atoms with Gasteiger partial charge in [0.2, 0.25) is 5.95 Å². The fourth-order valence-corrected chi connectivity index (χ4v) is 2.46. The van der Waals surface area contributed by atoms with Crippen LogP contribution in [0.2, 0.25) is 0 Å². The van der Waals surface area contributed by atoms with Gasteiger partial charge >= 0.3 is 0 Å². The fraction of sp³-hybridized carbons (Fsp3) is 0.150. The number of halogens is 1. The number of methoxy groups -OCH3 is 1. The maximum absolute atomic E-state index is 13.7. The van der Waals surface area contributed by atoms with Gasteiger partial charge in [-0.1, -0.05) is 0 Å². The lowest BCUT2D eigenvalue weighted by Gasteiger charge is -2.06. The number of hydrogen-bond acceptors (Lipinski definition) is 7. The van der Waals surface area contributed by atoms with Crippen LogP contribution in [-0.4, -0.2) is 40.8 Å². The smallest absolute Gasteiger partial charge is 0.295 e. The summed E-state index contributed by atoms with van der Waals surface area (Å²) < 4.78 is 24.0. The molecule has 2 heterocycles. The van der Waals surface area contributed by atoms with Crippen LogP contribution in [0.3, 0.4) is 0 Å². The van der Waals surface area contributed by atoms with Crippen molar-refractivity contribution in [3.63, 3.8) is 0 Å². The van der Waals surface area contributed by atoms with Gasteiger partial charge in [-0.05, 0) is 37.3 Å². The Morgan fingerprint density at radius 3 is 2.77 bits per heavy atom. The number of H-pyrrole nitrogens is 1. The Kier molecular flexibility index (Phi) is 6.48. The first-order valence-corrected chi connectivity index (χ1v) is 8.87. The second-order valence-electron chi connectivity index (χ2n) is 5.88. The lowest BCUT2D eigenvalue weighted by Crippen LogP contribution is -2.28. The number of pyridine rings is 1. The third-order valence-corrected chi connectivity index (χ3v) is 3.91. The van der Waals surface area contributed by atoms with Gasteiger partial charge < -0.3 is 14.5 Å². The molecular weight excluding hydrogens is 393 g/mol. The molecule has 0 saturated heterocycles. The van der Waals surface area contributed by atoms with Gasteiger partial charge in [-0.15, -0.1) is 0 Å². The molecule has 0 aliphatic rings. The van der Waals surface area contributed by atoms with E-state index in [-0.39, 0.29) is 11.3 Å². The summed E-state index contributed by atoms with van der Waals surface area (Å²) in [5.41, 5.74) is 2.14. The first-order chi connectivity index (χ1) is 14.5. The standard InChI is InChI=1S/C20H18FN5O4/c1-3-30-14-6-4-12(5-7-14)16-11-23-19(27)17(25-16)20(28)26-24-9-13-8-15(29-2)10-22-18(13)21/h4-11H,3H2,1-2H3,(H,23,27)(H,26,28)/b24-9+. The van der Waals surface area contributed by atoms with Crippen LogP contribution in [-0.2, 0) is 0 Å². The van der Waals surface area contributed by atoms with Crippen molar-refractivity contribution >= 4 is 12.1 Å². The minimum Gasteiger partial charge on any atom is -0.495 e. The minimum atomic E-state index is -0.850. The number of amides is 1. The molecule has 3 aromatic rings. The third kappa shape index (κ3) is 4.85. The number of nitrogens with one attached hydrogen (secondary N) is 2. The van der Waals surface area contributed by atoms with Crippen LogP contribution in [0.1, 0.15) is 23.0 Å². The number of aromatic amines is 1. The van der Waals surface area contributed by atoms with E-state index in [1.807, 2.05) is 6.92 Å². The summed E-state index contributed by atoms with van der Waals surface area (Å²) in [7, 11) is 1.41. The summed E-state index contributed by atoms with van der Waals surface area (Å²) in [6.45, 7) is 2.42. The van der Waals surface area contributed by atoms with Crippen LogP contribution in [0.5, 0.6) is 11.5 Å². The van der Waals surface area contributed by atoms with Crippen molar-refractivity contribution in [3.05, 3.63) is 70.3 Å². The van der Waals surface area contributed by atoms with E-state index in [0.29, 0.717) is 29.4 Å². The van der Waals surface area contributed by atoms with Crippen LogP contribution in [0, 0.1) is 5.95 Å². The number of carbonyl (C=O) groups excluding carboxylic acids is 1.